The van der Waals surface area contributed by atoms with Crippen LogP contribution < -0.4 is 5.32 Å². The third kappa shape index (κ3) is 4.26. The van der Waals surface area contributed by atoms with E-state index >= 15 is 0 Å². The minimum atomic E-state index is -3.48. The summed E-state index contributed by atoms with van der Waals surface area (Å²) in [6.45, 7) is 1.43. The molecule has 0 aliphatic carbocycles. The minimum Gasteiger partial charge on any atom is -0.348 e. The van der Waals surface area contributed by atoms with Crippen LogP contribution in [0.5, 0.6) is 0 Å². The molecule has 0 radical (unpaired) electrons. The van der Waals surface area contributed by atoms with Crippen molar-refractivity contribution >= 4 is 27.5 Å². The molecule has 1 aliphatic heterocycles. The van der Waals surface area contributed by atoms with Crippen LogP contribution in [-0.4, -0.2) is 31.7 Å². The predicted molar refractivity (Wildman–Crippen MR) is 102 cm³/mol. The molecule has 0 spiro atoms. The van der Waals surface area contributed by atoms with Crippen molar-refractivity contribution in [3.63, 3.8) is 0 Å². The van der Waals surface area contributed by atoms with Crippen LogP contribution in [0.4, 0.5) is 0 Å². The van der Waals surface area contributed by atoms with E-state index in [9.17, 15) is 13.2 Å². The summed E-state index contributed by atoms with van der Waals surface area (Å²) in [4.78, 5) is 12.5. The van der Waals surface area contributed by atoms with Crippen molar-refractivity contribution in [1.29, 1.82) is 0 Å². The van der Waals surface area contributed by atoms with Gasteiger partial charge in [0.05, 0.1) is 4.90 Å². The van der Waals surface area contributed by atoms with Gasteiger partial charge in [0.15, 0.2) is 0 Å². The molecule has 1 fully saturated rings. The van der Waals surface area contributed by atoms with Gasteiger partial charge in [-0.25, -0.2) is 8.42 Å². The number of carbonyl (C=O) groups excluding carboxylic acids is 1. The molecule has 2 aromatic carbocycles. The average Bonchev–Trinajstić information content (AvgIpc) is 2.68. The SMILES string of the molecule is O=C(NCc1ccccc1Cl)c1ccc(S(=O)(=O)N2CCCCC2)cc1. The van der Waals surface area contributed by atoms with Crippen molar-refractivity contribution in [2.24, 2.45) is 0 Å². The van der Waals surface area contributed by atoms with E-state index in [4.69, 9.17) is 11.6 Å². The minimum absolute atomic E-state index is 0.224. The number of amides is 1. The van der Waals surface area contributed by atoms with Gasteiger partial charge in [-0.15, -0.1) is 0 Å². The smallest absolute Gasteiger partial charge is 0.251 e. The van der Waals surface area contributed by atoms with E-state index in [-0.39, 0.29) is 10.8 Å². The first-order valence-corrected chi connectivity index (χ1v) is 10.4. The third-order valence-corrected chi connectivity index (χ3v) is 6.75. The molecule has 0 atom stereocenters. The highest BCUT2D eigenvalue weighted by atomic mass is 35.5. The van der Waals surface area contributed by atoms with Gasteiger partial charge >= 0.3 is 0 Å². The van der Waals surface area contributed by atoms with E-state index in [2.05, 4.69) is 5.32 Å². The highest BCUT2D eigenvalue weighted by molar-refractivity contribution is 7.89. The number of rotatable bonds is 5. The average molecular weight is 393 g/mol. The van der Waals surface area contributed by atoms with Crippen LogP contribution in [-0.2, 0) is 16.6 Å². The van der Waals surface area contributed by atoms with Crippen LogP contribution in [0.25, 0.3) is 0 Å². The van der Waals surface area contributed by atoms with Crippen molar-refractivity contribution in [2.45, 2.75) is 30.7 Å². The highest BCUT2D eigenvalue weighted by Gasteiger charge is 2.25. The fraction of sp³-hybridized carbons (Fsp3) is 0.316. The standard InChI is InChI=1S/C19H21ClN2O3S/c20-18-7-3-2-6-16(18)14-21-19(23)15-8-10-17(11-9-15)26(24,25)22-12-4-1-5-13-22/h2-3,6-11H,1,4-5,12-14H2,(H,21,23). The van der Waals surface area contributed by atoms with Gasteiger partial charge in [0.1, 0.15) is 0 Å². The maximum Gasteiger partial charge on any atom is 0.251 e. The summed E-state index contributed by atoms with van der Waals surface area (Å²) < 4.78 is 26.8. The summed E-state index contributed by atoms with van der Waals surface area (Å²) >= 11 is 6.08. The zero-order chi connectivity index (χ0) is 18.6. The van der Waals surface area contributed by atoms with E-state index in [1.54, 1.807) is 18.2 Å². The Morgan fingerprint density at radius 2 is 1.65 bits per heavy atom. The van der Waals surface area contributed by atoms with Crippen LogP contribution >= 0.6 is 11.6 Å². The van der Waals surface area contributed by atoms with Crippen LogP contribution in [0.1, 0.15) is 35.2 Å². The Hall–Kier alpha value is -1.89. The summed E-state index contributed by atoms with van der Waals surface area (Å²) in [5, 5.41) is 3.39. The lowest BCUT2D eigenvalue weighted by atomic mass is 10.2. The van der Waals surface area contributed by atoms with Crippen molar-refractivity contribution in [3.05, 3.63) is 64.7 Å². The Kier molecular flexibility index (Phi) is 5.96. The molecule has 1 heterocycles. The van der Waals surface area contributed by atoms with E-state index in [1.807, 2.05) is 18.2 Å². The molecular formula is C19H21ClN2O3S. The number of nitrogens with one attached hydrogen (secondary N) is 1. The summed E-state index contributed by atoms with van der Waals surface area (Å²) in [5.74, 6) is -0.271. The maximum atomic E-state index is 12.6. The van der Waals surface area contributed by atoms with Crippen LogP contribution in [0.3, 0.4) is 0 Å². The van der Waals surface area contributed by atoms with Crippen LogP contribution in [0.2, 0.25) is 5.02 Å². The number of halogens is 1. The van der Waals surface area contributed by atoms with Crippen molar-refractivity contribution in [3.8, 4) is 0 Å². The Bertz CT molecular complexity index is 876. The first-order valence-electron chi connectivity index (χ1n) is 8.60. The first kappa shape index (κ1) is 18.9. The van der Waals surface area contributed by atoms with Crippen LogP contribution in [0, 0.1) is 0 Å². The van der Waals surface area contributed by atoms with E-state index < -0.39 is 10.0 Å². The van der Waals surface area contributed by atoms with E-state index in [0.29, 0.717) is 30.2 Å². The van der Waals surface area contributed by atoms with E-state index in [1.165, 1.54) is 16.4 Å². The molecule has 5 nitrogen and oxygen atoms in total. The van der Waals surface area contributed by atoms with E-state index in [0.717, 1.165) is 24.8 Å². The molecule has 0 saturated carbocycles. The molecule has 0 aromatic heterocycles. The number of nitrogens with zero attached hydrogens (tertiary/aromatic N) is 1. The molecule has 1 saturated heterocycles. The Morgan fingerprint density at radius 3 is 2.31 bits per heavy atom. The topological polar surface area (TPSA) is 66.5 Å². The summed E-state index contributed by atoms with van der Waals surface area (Å²) in [6.07, 6.45) is 2.85. The Labute approximate surface area is 159 Å². The number of benzene rings is 2. The number of hydrogen-bond acceptors (Lipinski definition) is 3. The van der Waals surface area contributed by atoms with Gasteiger partial charge in [-0.1, -0.05) is 36.2 Å². The second-order valence-corrected chi connectivity index (χ2v) is 8.61. The number of carbonyl (C=O) groups is 1. The monoisotopic (exact) mass is 392 g/mol. The molecule has 1 amide bonds. The molecule has 1 aliphatic rings. The van der Waals surface area contributed by atoms with Gasteiger partial charge in [0.2, 0.25) is 10.0 Å². The molecule has 7 heteroatoms. The zero-order valence-electron chi connectivity index (χ0n) is 14.3. The maximum absolute atomic E-state index is 12.6. The second kappa shape index (κ2) is 8.20. The molecule has 2 aromatic rings. The normalized spacial score (nSPS) is 15.6. The molecule has 138 valence electrons. The summed E-state index contributed by atoms with van der Waals surface area (Å²) in [7, 11) is -3.48. The van der Waals surface area contributed by atoms with Gasteiger partial charge in [-0.3, -0.25) is 4.79 Å². The molecule has 0 bridgehead atoms. The van der Waals surface area contributed by atoms with Gasteiger partial charge in [-0.2, -0.15) is 4.31 Å². The van der Waals surface area contributed by atoms with Gasteiger partial charge in [0, 0.05) is 30.2 Å². The lowest BCUT2D eigenvalue weighted by molar-refractivity contribution is 0.0951. The van der Waals surface area contributed by atoms with Crippen LogP contribution in [0.15, 0.2) is 53.4 Å². The van der Waals surface area contributed by atoms with Gasteiger partial charge in [-0.05, 0) is 48.7 Å². The number of sulfonamides is 1. The largest absolute Gasteiger partial charge is 0.348 e. The predicted octanol–water partition coefficient (Wildman–Crippen LogP) is 3.44. The fourth-order valence-corrected chi connectivity index (χ4v) is 4.67. The quantitative estimate of drug-likeness (QED) is 0.847. The molecular weight excluding hydrogens is 372 g/mol. The number of piperidine rings is 1. The Morgan fingerprint density at radius 1 is 1.00 bits per heavy atom. The van der Waals surface area contributed by atoms with Gasteiger partial charge < -0.3 is 5.32 Å². The second-order valence-electron chi connectivity index (χ2n) is 6.26. The lowest BCUT2D eigenvalue weighted by Crippen LogP contribution is -2.35. The summed E-state index contributed by atoms with van der Waals surface area (Å²) in [5.41, 5.74) is 1.24. The molecule has 26 heavy (non-hydrogen) atoms. The molecule has 1 N–H and O–H groups in total. The van der Waals surface area contributed by atoms with Crippen molar-refractivity contribution in [1.82, 2.24) is 9.62 Å². The van der Waals surface area contributed by atoms with Gasteiger partial charge in [0.25, 0.3) is 5.91 Å². The highest BCUT2D eigenvalue weighted by Crippen LogP contribution is 2.21. The fourth-order valence-electron chi connectivity index (χ4n) is 2.95. The van der Waals surface area contributed by atoms with Crippen molar-refractivity contribution in [2.75, 3.05) is 13.1 Å². The molecule has 3 rings (SSSR count). The zero-order valence-corrected chi connectivity index (χ0v) is 15.9. The molecule has 0 unspecified atom stereocenters. The summed E-state index contributed by atoms with van der Waals surface area (Å²) in [6, 6.07) is 13.4. The lowest BCUT2D eigenvalue weighted by Gasteiger charge is -2.25. The van der Waals surface area contributed by atoms with Crippen molar-refractivity contribution < 1.29 is 13.2 Å². The number of hydrogen-bond donors (Lipinski definition) is 1. The third-order valence-electron chi connectivity index (χ3n) is 4.47. The Balaban J connectivity index is 1.67. The first-order chi connectivity index (χ1) is 12.5.